The summed E-state index contributed by atoms with van der Waals surface area (Å²) in [5, 5.41) is 0. The lowest BCUT2D eigenvalue weighted by Gasteiger charge is -2.04. The third kappa shape index (κ3) is 2.49. The minimum absolute atomic E-state index is 0.0662. The zero-order chi connectivity index (χ0) is 8.97. The highest BCUT2D eigenvalue weighted by atomic mass is 16.5. The molecule has 0 spiro atoms. The van der Waals surface area contributed by atoms with Crippen molar-refractivity contribution in [3.8, 4) is 0 Å². The van der Waals surface area contributed by atoms with Gasteiger partial charge >= 0.3 is 5.97 Å². The predicted octanol–water partition coefficient (Wildman–Crippen LogP) is 1.08. The Balaban J connectivity index is 2.28. The summed E-state index contributed by atoms with van der Waals surface area (Å²) in [6, 6.07) is 0. The van der Waals surface area contributed by atoms with Gasteiger partial charge in [0, 0.05) is 6.42 Å². The molecule has 66 valence electrons. The Morgan fingerprint density at radius 3 is 3.00 bits per heavy atom. The normalized spacial score (nSPS) is 21.4. The number of allylic oxidation sites excluding steroid dienone is 2. The largest absolute Gasteiger partial charge is 0.466 e. The number of ether oxygens (including phenoxy) is 1. The van der Waals surface area contributed by atoms with Gasteiger partial charge in [-0.15, -0.1) is 0 Å². The van der Waals surface area contributed by atoms with E-state index in [1.165, 1.54) is 6.08 Å². The summed E-state index contributed by atoms with van der Waals surface area (Å²) >= 11 is 0. The van der Waals surface area contributed by atoms with Crippen LogP contribution in [-0.2, 0) is 14.3 Å². The Bertz CT molecular complexity index is 218. The van der Waals surface area contributed by atoms with Crippen molar-refractivity contribution in [2.24, 2.45) is 5.92 Å². The van der Waals surface area contributed by atoms with Crippen LogP contribution < -0.4 is 0 Å². The Labute approximate surface area is 71.4 Å². The van der Waals surface area contributed by atoms with Gasteiger partial charge in [-0.1, -0.05) is 6.08 Å². The average Bonchev–Trinajstić information content (AvgIpc) is 2.36. The zero-order valence-corrected chi connectivity index (χ0v) is 7.08. The van der Waals surface area contributed by atoms with Crippen molar-refractivity contribution >= 4 is 11.8 Å². The maximum atomic E-state index is 10.9. The van der Waals surface area contributed by atoms with E-state index in [1.807, 2.05) is 0 Å². The molecule has 1 atom stereocenters. The van der Waals surface area contributed by atoms with Crippen molar-refractivity contribution in [3.63, 3.8) is 0 Å². The summed E-state index contributed by atoms with van der Waals surface area (Å²) in [7, 11) is 0. The molecule has 12 heavy (non-hydrogen) atoms. The van der Waals surface area contributed by atoms with Crippen molar-refractivity contribution < 1.29 is 14.3 Å². The molecule has 1 rings (SSSR count). The molecule has 0 fully saturated rings. The topological polar surface area (TPSA) is 43.4 Å². The molecule has 3 nitrogen and oxygen atoms in total. The van der Waals surface area contributed by atoms with Crippen LogP contribution >= 0.6 is 0 Å². The van der Waals surface area contributed by atoms with E-state index >= 15 is 0 Å². The lowest BCUT2D eigenvalue weighted by molar-refractivity contribution is -0.143. The van der Waals surface area contributed by atoms with E-state index in [0.29, 0.717) is 19.4 Å². The van der Waals surface area contributed by atoms with Crippen LogP contribution in [0.3, 0.4) is 0 Å². The standard InChI is InChI=1S/C9H12O3/c1-2-12-9(11)6-7-3-4-8(10)5-7/h3-4,7H,2,5-6H2,1H3/t7-/m0/s1. The van der Waals surface area contributed by atoms with Crippen LogP contribution in [0.15, 0.2) is 12.2 Å². The van der Waals surface area contributed by atoms with E-state index in [9.17, 15) is 9.59 Å². The van der Waals surface area contributed by atoms with E-state index in [2.05, 4.69) is 0 Å². The smallest absolute Gasteiger partial charge is 0.306 e. The molecule has 0 saturated heterocycles. The van der Waals surface area contributed by atoms with Gasteiger partial charge in [0.1, 0.15) is 0 Å². The van der Waals surface area contributed by atoms with Crippen molar-refractivity contribution in [2.45, 2.75) is 19.8 Å². The lowest BCUT2D eigenvalue weighted by Crippen LogP contribution is -2.09. The highest BCUT2D eigenvalue weighted by Gasteiger charge is 2.19. The number of hydrogen-bond donors (Lipinski definition) is 0. The second-order valence-electron chi connectivity index (χ2n) is 2.80. The van der Waals surface area contributed by atoms with E-state index in [1.54, 1.807) is 13.0 Å². The number of carbonyl (C=O) groups is 2. The molecule has 0 aliphatic heterocycles. The summed E-state index contributed by atoms with van der Waals surface area (Å²) < 4.78 is 4.75. The van der Waals surface area contributed by atoms with Crippen molar-refractivity contribution in [1.29, 1.82) is 0 Å². The van der Waals surface area contributed by atoms with Crippen LogP contribution in [0.25, 0.3) is 0 Å². The Morgan fingerprint density at radius 1 is 1.75 bits per heavy atom. The molecule has 0 aromatic heterocycles. The summed E-state index contributed by atoms with van der Waals surface area (Å²) in [4.78, 5) is 21.7. The molecule has 0 heterocycles. The average molecular weight is 168 g/mol. The van der Waals surface area contributed by atoms with Crippen LogP contribution in [0.1, 0.15) is 19.8 Å². The van der Waals surface area contributed by atoms with Crippen LogP contribution in [0.2, 0.25) is 0 Å². The fourth-order valence-electron chi connectivity index (χ4n) is 1.21. The number of carbonyl (C=O) groups excluding carboxylic acids is 2. The molecule has 0 radical (unpaired) electrons. The maximum absolute atomic E-state index is 10.9. The van der Waals surface area contributed by atoms with E-state index in [0.717, 1.165) is 0 Å². The Kier molecular flexibility index (Phi) is 3.02. The van der Waals surface area contributed by atoms with Gasteiger partial charge in [-0.2, -0.15) is 0 Å². The first kappa shape index (κ1) is 8.97. The van der Waals surface area contributed by atoms with Crippen molar-refractivity contribution in [2.75, 3.05) is 6.61 Å². The quantitative estimate of drug-likeness (QED) is 0.592. The summed E-state index contributed by atoms with van der Waals surface area (Å²) in [6.45, 7) is 2.18. The highest BCUT2D eigenvalue weighted by Crippen LogP contribution is 2.18. The molecule has 0 N–H and O–H groups in total. The Morgan fingerprint density at radius 2 is 2.50 bits per heavy atom. The van der Waals surface area contributed by atoms with E-state index in [4.69, 9.17) is 4.74 Å². The van der Waals surface area contributed by atoms with Crippen molar-refractivity contribution in [3.05, 3.63) is 12.2 Å². The second kappa shape index (κ2) is 4.04. The maximum Gasteiger partial charge on any atom is 0.306 e. The Hall–Kier alpha value is -1.12. The first-order valence-electron chi connectivity index (χ1n) is 4.09. The fourth-order valence-corrected chi connectivity index (χ4v) is 1.21. The van der Waals surface area contributed by atoms with Gasteiger partial charge in [-0.3, -0.25) is 9.59 Å². The predicted molar refractivity (Wildman–Crippen MR) is 43.5 cm³/mol. The van der Waals surface area contributed by atoms with Gasteiger partial charge in [0.15, 0.2) is 5.78 Å². The molecule has 0 amide bonds. The van der Waals surface area contributed by atoms with Crippen molar-refractivity contribution in [1.82, 2.24) is 0 Å². The summed E-state index contributed by atoms with van der Waals surface area (Å²) in [6.07, 6.45) is 4.10. The second-order valence-corrected chi connectivity index (χ2v) is 2.80. The number of esters is 1. The van der Waals surface area contributed by atoms with Gasteiger partial charge in [0.25, 0.3) is 0 Å². The molecule has 0 saturated carbocycles. The first-order valence-corrected chi connectivity index (χ1v) is 4.09. The van der Waals surface area contributed by atoms with Crippen LogP contribution in [0.4, 0.5) is 0 Å². The van der Waals surface area contributed by atoms with Gasteiger partial charge in [0.05, 0.1) is 13.0 Å². The van der Waals surface area contributed by atoms with Crippen LogP contribution in [-0.4, -0.2) is 18.4 Å². The van der Waals surface area contributed by atoms with Gasteiger partial charge < -0.3 is 4.74 Å². The zero-order valence-electron chi connectivity index (χ0n) is 7.08. The number of ketones is 1. The fraction of sp³-hybridized carbons (Fsp3) is 0.556. The summed E-state index contributed by atoms with van der Waals surface area (Å²) in [5.74, 6) is -0.0531. The minimum atomic E-state index is -0.221. The molecular weight excluding hydrogens is 156 g/mol. The monoisotopic (exact) mass is 168 g/mol. The van der Waals surface area contributed by atoms with Gasteiger partial charge in [-0.05, 0) is 18.9 Å². The number of hydrogen-bond acceptors (Lipinski definition) is 3. The SMILES string of the molecule is CCOC(=O)C[C@H]1C=CC(=O)C1. The van der Waals surface area contributed by atoms with E-state index in [-0.39, 0.29) is 17.7 Å². The minimum Gasteiger partial charge on any atom is -0.466 e. The van der Waals surface area contributed by atoms with Crippen LogP contribution in [0.5, 0.6) is 0 Å². The number of rotatable bonds is 3. The lowest BCUT2D eigenvalue weighted by atomic mass is 10.1. The third-order valence-electron chi connectivity index (χ3n) is 1.75. The third-order valence-corrected chi connectivity index (χ3v) is 1.75. The van der Waals surface area contributed by atoms with Gasteiger partial charge in [-0.25, -0.2) is 0 Å². The molecule has 0 unspecified atom stereocenters. The molecular formula is C9H12O3. The van der Waals surface area contributed by atoms with Crippen LogP contribution in [0, 0.1) is 5.92 Å². The molecule has 3 heteroatoms. The molecule has 0 bridgehead atoms. The molecule has 1 aliphatic rings. The molecule has 0 aromatic rings. The molecule has 1 aliphatic carbocycles. The first-order chi connectivity index (χ1) is 5.72. The summed E-state index contributed by atoms with van der Waals surface area (Å²) in [5.41, 5.74) is 0. The van der Waals surface area contributed by atoms with E-state index < -0.39 is 0 Å². The van der Waals surface area contributed by atoms with Gasteiger partial charge in [0.2, 0.25) is 0 Å². The highest BCUT2D eigenvalue weighted by molar-refractivity contribution is 5.92. The molecule has 0 aromatic carbocycles.